The first-order chi connectivity index (χ1) is 8.90. The molecule has 3 aliphatic rings. The summed E-state index contributed by atoms with van der Waals surface area (Å²) in [4.78, 5) is 2.10. The van der Waals surface area contributed by atoms with Crippen molar-refractivity contribution in [1.29, 1.82) is 0 Å². The predicted molar refractivity (Wildman–Crippen MR) is 75.3 cm³/mol. The monoisotopic (exact) mass is 264 g/mol. The largest absolute Gasteiger partial charge is 0.380 e. The summed E-state index contributed by atoms with van der Waals surface area (Å²) in [6.07, 6.45) is 1.72. The number of benzene rings is 1. The van der Waals surface area contributed by atoms with Crippen LogP contribution in [0.4, 0.5) is 15.8 Å². The summed E-state index contributed by atoms with van der Waals surface area (Å²) in [7, 11) is 0. The molecule has 19 heavy (non-hydrogen) atoms. The predicted octanol–water partition coefficient (Wildman–Crippen LogP) is 3.01. The Bertz CT molecular complexity index is 468. The van der Waals surface area contributed by atoms with Gasteiger partial charge in [0.15, 0.2) is 0 Å². The molecule has 3 fully saturated rings. The lowest BCUT2D eigenvalue weighted by Gasteiger charge is -2.48. The number of hydrogen-bond donors (Lipinski definition) is 1. The maximum absolute atomic E-state index is 14.2. The Balaban J connectivity index is 1.76. The van der Waals surface area contributed by atoms with Crippen LogP contribution < -0.4 is 10.2 Å². The second kappa shape index (κ2) is 4.37. The summed E-state index contributed by atoms with van der Waals surface area (Å²) >= 11 is 0. The Morgan fingerprint density at radius 3 is 2.42 bits per heavy atom. The van der Waals surface area contributed by atoms with E-state index >= 15 is 0 Å². The Kier molecular flexibility index (Phi) is 2.93. The number of hydrogen-bond acceptors (Lipinski definition) is 3. The minimum absolute atomic E-state index is 0.0610. The molecule has 3 heterocycles. The molecule has 0 aliphatic carbocycles. The third-order valence-electron chi connectivity index (χ3n) is 3.57. The minimum atomic E-state index is -0.157. The van der Waals surface area contributed by atoms with Gasteiger partial charge in [0.05, 0.1) is 17.9 Å². The number of halogens is 1. The number of morpholine rings is 1. The van der Waals surface area contributed by atoms with Crippen molar-refractivity contribution in [3.63, 3.8) is 0 Å². The summed E-state index contributed by atoms with van der Waals surface area (Å²) in [6, 6.07) is 5.40. The van der Waals surface area contributed by atoms with E-state index < -0.39 is 0 Å². The number of nitrogens with one attached hydrogen (secondary N) is 1. The molecule has 3 saturated heterocycles. The van der Waals surface area contributed by atoms with Crippen molar-refractivity contribution in [2.75, 3.05) is 23.3 Å². The summed E-state index contributed by atoms with van der Waals surface area (Å²) in [5.74, 6) is -0.157. The summed E-state index contributed by atoms with van der Waals surface area (Å²) < 4.78 is 19.8. The molecule has 3 nitrogen and oxygen atoms in total. The molecular weight excluding hydrogens is 243 g/mol. The molecule has 0 amide bonds. The van der Waals surface area contributed by atoms with Gasteiger partial charge in [-0.1, -0.05) is 0 Å². The molecule has 0 aromatic heterocycles. The van der Waals surface area contributed by atoms with Gasteiger partial charge in [0.25, 0.3) is 0 Å². The van der Waals surface area contributed by atoms with Gasteiger partial charge in [-0.3, -0.25) is 0 Å². The van der Waals surface area contributed by atoms with Crippen LogP contribution in [0.3, 0.4) is 0 Å². The van der Waals surface area contributed by atoms with Gasteiger partial charge in [0.1, 0.15) is 5.82 Å². The molecule has 1 aromatic carbocycles. The molecule has 3 aliphatic heterocycles. The molecule has 4 rings (SSSR count). The number of nitrogens with zero attached hydrogens (tertiary/aromatic N) is 1. The highest BCUT2D eigenvalue weighted by Gasteiger charge is 2.38. The average Bonchev–Trinajstić information content (AvgIpc) is 2.25. The average molecular weight is 264 g/mol. The van der Waals surface area contributed by atoms with Crippen LogP contribution >= 0.6 is 0 Å². The van der Waals surface area contributed by atoms with Gasteiger partial charge in [-0.05, 0) is 39.0 Å². The molecule has 104 valence electrons. The van der Waals surface area contributed by atoms with Gasteiger partial charge in [0, 0.05) is 30.7 Å². The van der Waals surface area contributed by atoms with Crippen molar-refractivity contribution in [1.82, 2.24) is 0 Å². The molecule has 0 spiro atoms. The van der Waals surface area contributed by atoms with E-state index in [1.54, 1.807) is 6.07 Å². The fourth-order valence-electron chi connectivity index (χ4n) is 2.83. The summed E-state index contributed by atoms with van der Waals surface area (Å²) in [5, 5.41) is 3.29. The molecule has 2 unspecified atom stereocenters. The highest BCUT2D eigenvalue weighted by atomic mass is 19.1. The fourth-order valence-corrected chi connectivity index (χ4v) is 2.83. The smallest absolute Gasteiger partial charge is 0.148 e. The van der Waals surface area contributed by atoms with E-state index in [1.807, 2.05) is 12.1 Å². The van der Waals surface area contributed by atoms with Crippen LogP contribution in [0, 0.1) is 5.82 Å². The van der Waals surface area contributed by atoms with E-state index in [2.05, 4.69) is 31.0 Å². The summed E-state index contributed by atoms with van der Waals surface area (Å²) in [5.41, 5.74) is 1.46. The molecule has 0 radical (unpaired) electrons. The van der Waals surface area contributed by atoms with Crippen LogP contribution in [0.2, 0.25) is 0 Å². The first-order valence-electron chi connectivity index (χ1n) is 6.89. The normalized spacial score (nSPS) is 26.0. The number of piperidine rings is 1. The highest BCUT2D eigenvalue weighted by Crippen LogP contribution is 2.33. The standard InChI is InChI=1S/C15H21FN2O/c1-15(2,3)17-10-4-5-14(13(16)6-10)18-8-11-7-12(9-18)19-11/h4-6,11-12,17H,7-9H2,1-3H3. The van der Waals surface area contributed by atoms with E-state index in [9.17, 15) is 4.39 Å². The molecule has 2 bridgehead atoms. The van der Waals surface area contributed by atoms with E-state index in [-0.39, 0.29) is 11.4 Å². The Morgan fingerprint density at radius 1 is 1.26 bits per heavy atom. The second-order valence-electron chi connectivity index (χ2n) is 6.56. The van der Waals surface area contributed by atoms with Gasteiger partial charge >= 0.3 is 0 Å². The van der Waals surface area contributed by atoms with E-state index in [0.717, 1.165) is 25.2 Å². The van der Waals surface area contributed by atoms with Crippen molar-refractivity contribution in [3.05, 3.63) is 24.0 Å². The zero-order valence-corrected chi connectivity index (χ0v) is 11.7. The van der Waals surface area contributed by atoms with Crippen LogP contribution in [0.25, 0.3) is 0 Å². The van der Waals surface area contributed by atoms with E-state index in [0.29, 0.717) is 17.9 Å². The van der Waals surface area contributed by atoms with Gasteiger partial charge in [-0.15, -0.1) is 0 Å². The molecule has 1 N–H and O–H groups in total. The van der Waals surface area contributed by atoms with Crippen molar-refractivity contribution in [3.8, 4) is 0 Å². The quantitative estimate of drug-likeness (QED) is 0.888. The number of ether oxygens (including phenoxy) is 1. The van der Waals surface area contributed by atoms with Gasteiger partial charge in [-0.25, -0.2) is 4.39 Å². The first-order valence-corrected chi connectivity index (χ1v) is 6.89. The van der Waals surface area contributed by atoms with Crippen LogP contribution in [0.15, 0.2) is 18.2 Å². The second-order valence-corrected chi connectivity index (χ2v) is 6.56. The number of rotatable bonds is 2. The number of anilines is 2. The molecule has 0 saturated carbocycles. The fraction of sp³-hybridized carbons (Fsp3) is 0.600. The SMILES string of the molecule is CC(C)(C)Nc1ccc(N2CC3CC(C2)O3)c(F)c1. The highest BCUT2D eigenvalue weighted by molar-refractivity contribution is 5.57. The Morgan fingerprint density at radius 2 is 1.89 bits per heavy atom. The molecule has 1 aromatic rings. The lowest BCUT2D eigenvalue weighted by molar-refractivity contribution is -0.133. The van der Waals surface area contributed by atoms with Gasteiger partial charge in [-0.2, -0.15) is 0 Å². The Hall–Kier alpha value is -1.29. The van der Waals surface area contributed by atoms with Crippen LogP contribution in [-0.2, 0) is 4.74 Å². The lowest BCUT2D eigenvalue weighted by Crippen LogP contribution is -2.57. The third kappa shape index (κ3) is 2.68. The molecule has 4 heteroatoms. The summed E-state index contributed by atoms with van der Waals surface area (Å²) in [6.45, 7) is 7.80. The molecule has 2 atom stereocenters. The zero-order valence-electron chi connectivity index (χ0n) is 11.7. The maximum Gasteiger partial charge on any atom is 0.148 e. The van der Waals surface area contributed by atoms with E-state index in [4.69, 9.17) is 4.74 Å². The van der Waals surface area contributed by atoms with Crippen molar-refractivity contribution in [2.45, 2.75) is 44.9 Å². The van der Waals surface area contributed by atoms with E-state index in [1.165, 1.54) is 0 Å². The van der Waals surface area contributed by atoms with Crippen molar-refractivity contribution >= 4 is 11.4 Å². The lowest BCUT2D eigenvalue weighted by atomic mass is 9.98. The zero-order chi connectivity index (χ0) is 13.6. The third-order valence-corrected chi connectivity index (χ3v) is 3.57. The maximum atomic E-state index is 14.2. The minimum Gasteiger partial charge on any atom is -0.380 e. The number of fused-ring (bicyclic) bond motifs is 2. The van der Waals surface area contributed by atoms with Crippen LogP contribution in [-0.4, -0.2) is 30.8 Å². The van der Waals surface area contributed by atoms with Gasteiger partial charge < -0.3 is 15.0 Å². The molecular formula is C15H21FN2O. The van der Waals surface area contributed by atoms with Crippen molar-refractivity contribution < 1.29 is 9.13 Å². The van der Waals surface area contributed by atoms with Crippen LogP contribution in [0.5, 0.6) is 0 Å². The van der Waals surface area contributed by atoms with Gasteiger partial charge in [0.2, 0.25) is 0 Å². The first kappa shape index (κ1) is 12.7. The topological polar surface area (TPSA) is 24.5 Å². The van der Waals surface area contributed by atoms with Crippen molar-refractivity contribution in [2.24, 2.45) is 0 Å². The van der Waals surface area contributed by atoms with Crippen LogP contribution in [0.1, 0.15) is 27.2 Å². The Labute approximate surface area is 113 Å².